The first-order chi connectivity index (χ1) is 15.8. The Morgan fingerprint density at radius 3 is 2.58 bits per heavy atom. The normalized spacial score (nSPS) is 24.2. The predicted molar refractivity (Wildman–Crippen MR) is 126 cm³/mol. The Labute approximate surface area is 195 Å². The number of amides is 1. The summed E-state index contributed by atoms with van der Waals surface area (Å²) in [6.07, 6.45) is 3.93. The van der Waals surface area contributed by atoms with Crippen LogP contribution in [0.3, 0.4) is 0 Å². The van der Waals surface area contributed by atoms with E-state index in [2.05, 4.69) is 5.32 Å². The van der Waals surface area contributed by atoms with Crippen molar-refractivity contribution in [3.05, 3.63) is 54.1 Å². The molecule has 0 radical (unpaired) electrons. The maximum atomic E-state index is 13.4. The Morgan fingerprint density at radius 1 is 1.06 bits per heavy atom. The van der Waals surface area contributed by atoms with Crippen molar-refractivity contribution in [1.82, 2.24) is 9.62 Å². The standard InChI is InChI=1S/C25H32N2O5S/c1-18-6-2-3-10-24(18)32-22-8-4-9-23(16-22)33(30,31)27-15-5-7-19(17-27)25(29)26-20-11-13-21(28)14-12-20/h2-4,6,8-10,16,19-21,28H,5,7,11-15,17H2,1H3,(H,26,29)/t19-,20-,21-/m0/s1. The van der Waals surface area contributed by atoms with E-state index in [4.69, 9.17) is 4.74 Å². The smallest absolute Gasteiger partial charge is 0.243 e. The van der Waals surface area contributed by atoms with Crippen LogP contribution in [-0.2, 0) is 14.8 Å². The van der Waals surface area contributed by atoms with Gasteiger partial charge < -0.3 is 15.2 Å². The first kappa shape index (κ1) is 23.7. The van der Waals surface area contributed by atoms with Crippen molar-refractivity contribution in [2.45, 2.75) is 62.5 Å². The average Bonchev–Trinajstić information content (AvgIpc) is 2.82. The molecule has 7 nitrogen and oxygen atoms in total. The molecule has 2 N–H and O–H groups in total. The van der Waals surface area contributed by atoms with Gasteiger partial charge in [0.15, 0.2) is 0 Å². The van der Waals surface area contributed by atoms with Crippen molar-refractivity contribution in [2.75, 3.05) is 13.1 Å². The number of benzene rings is 2. The summed E-state index contributed by atoms with van der Waals surface area (Å²) in [6.45, 7) is 2.50. The molecule has 0 aromatic heterocycles. The van der Waals surface area contributed by atoms with Crippen molar-refractivity contribution in [1.29, 1.82) is 0 Å². The number of carbonyl (C=O) groups excluding carboxylic acids is 1. The molecule has 1 aliphatic heterocycles. The lowest BCUT2D eigenvalue weighted by Gasteiger charge is -2.33. The molecule has 1 heterocycles. The van der Waals surface area contributed by atoms with Crippen LogP contribution >= 0.6 is 0 Å². The fourth-order valence-electron chi connectivity index (χ4n) is 4.56. The van der Waals surface area contributed by atoms with Gasteiger partial charge in [0.2, 0.25) is 15.9 Å². The van der Waals surface area contributed by atoms with E-state index >= 15 is 0 Å². The number of aryl methyl sites for hydroxylation is 1. The Hall–Kier alpha value is -2.42. The number of para-hydroxylation sites is 1. The molecule has 0 unspecified atom stereocenters. The highest BCUT2D eigenvalue weighted by atomic mass is 32.2. The van der Waals surface area contributed by atoms with Crippen molar-refractivity contribution < 1.29 is 23.1 Å². The van der Waals surface area contributed by atoms with Crippen LogP contribution < -0.4 is 10.1 Å². The van der Waals surface area contributed by atoms with Gasteiger partial charge in [-0.05, 0) is 69.2 Å². The Morgan fingerprint density at radius 2 is 1.82 bits per heavy atom. The van der Waals surface area contributed by atoms with Crippen LogP contribution in [0.4, 0.5) is 0 Å². The minimum Gasteiger partial charge on any atom is -0.457 e. The molecule has 1 saturated carbocycles. The minimum absolute atomic E-state index is 0.0585. The first-order valence-corrected chi connectivity index (χ1v) is 13.1. The van der Waals surface area contributed by atoms with Gasteiger partial charge in [0.1, 0.15) is 11.5 Å². The maximum Gasteiger partial charge on any atom is 0.243 e. The number of rotatable bonds is 6. The summed E-state index contributed by atoms with van der Waals surface area (Å²) < 4.78 is 34.1. The number of piperidine rings is 1. The monoisotopic (exact) mass is 472 g/mol. The lowest BCUT2D eigenvalue weighted by Crippen LogP contribution is -2.48. The van der Waals surface area contributed by atoms with Gasteiger partial charge in [-0.15, -0.1) is 0 Å². The van der Waals surface area contributed by atoms with Gasteiger partial charge in [-0.3, -0.25) is 4.79 Å². The summed E-state index contributed by atoms with van der Waals surface area (Å²) in [4.78, 5) is 13.0. The molecule has 33 heavy (non-hydrogen) atoms. The quantitative estimate of drug-likeness (QED) is 0.670. The SMILES string of the molecule is Cc1ccccc1Oc1cccc(S(=O)(=O)N2CCC[C@H](C(=O)N[C@H]3CC[C@H](O)CC3)C2)c1. The highest BCUT2D eigenvalue weighted by molar-refractivity contribution is 7.89. The average molecular weight is 473 g/mol. The largest absolute Gasteiger partial charge is 0.457 e. The third kappa shape index (κ3) is 5.75. The van der Waals surface area contributed by atoms with Gasteiger partial charge in [-0.2, -0.15) is 4.31 Å². The van der Waals surface area contributed by atoms with Crippen molar-refractivity contribution in [2.24, 2.45) is 5.92 Å². The molecule has 1 atom stereocenters. The number of ether oxygens (including phenoxy) is 1. The predicted octanol–water partition coefficient (Wildman–Crippen LogP) is 3.61. The van der Waals surface area contributed by atoms with Crippen LogP contribution in [0.2, 0.25) is 0 Å². The molecular formula is C25H32N2O5S. The Bertz CT molecular complexity index is 1080. The van der Waals surface area contributed by atoms with Crippen LogP contribution in [-0.4, -0.2) is 49.0 Å². The number of sulfonamides is 1. The van der Waals surface area contributed by atoms with Gasteiger partial charge in [0.05, 0.1) is 16.9 Å². The number of hydrogen-bond acceptors (Lipinski definition) is 5. The molecule has 178 valence electrons. The highest BCUT2D eigenvalue weighted by Gasteiger charge is 2.34. The second kappa shape index (κ2) is 10.2. The number of aliphatic hydroxyl groups is 1. The van der Waals surface area contributed by atoms with E-state index < -0.39 is 10.0 Å². The zero-order chi connectivity index (χ0) is 23.4. The maximum absolute atomic E-state index is 13.4. The number of nitrogens with zero attached hydrogens (tertiary/aromatic N) is 1. The van der Waals surface area contributed by atoms with Gasteiger partial charge in [0.25, 0.3) is 0 Å². The number of hydrogen-bond donors (Lipinski definition) is 2. The van der Waals surface area contributed by atoms with Crippen molar-refractivity contribution in [3.63, 3.8) is 0 Å². The summed E-state index contributed by atoms with van der Waals surface area (Å²) in [6, 6.07) is 14.1. The van der Waals surface area contributed by atoms with Crippen molar-refractivity contribution in [3.8, 4) is 11.5 Å². The van der Waals surface area contributed by atoms with Crippen LogP contribution in [0.1, 0.15) is 44.1 Å². The molecule has 1 amide bonds. The molecule has 2 aromatic carbocycles. The van der Waals surface area contributed by atoms with E-state index in [1.54, 1.807) is 24.3 Å². The summed E-state index contributed by atoms with van der Waals surface area (Å²) in [5.41, 5.74) is 0.961. The van der Waals surface area contributed by atoms with E-state index in [-0.39, 0.29) is 35.4 Å². The molecule has 1 saturated heterocycles. The van der Waals surface area contributed by atoms with E-state index in [1.807, 2.05) is 31.2 Å². The number of aliphatic hydroxyl groups excluding tert-OH is 1. The second-order valence-electron chi connectivity index (χ2n) is 9.06. The molecule has 8 heteroatoms. The Balaban J connectivity index is 1.43. The molecule has 4 rings (SSSR count). The fraction of sp³-hybridized carbons (Fsp3) is 0.480. The topological polar surface area (TPSA) is 95.9 Å². The minimum atomic E-state index is -3.75. The summed E-state index contributed by atoms with van der Waals surface area (Å²) in [7, 11) is -3.75. The highest BCUT2D eigenvalue weighted by Crippen LogP contribution is 2.29. The molecule has 1 aliphatic carbocycles. The lowest BCUT2D eigenvalue weighted by molar-refractivity contribution is -0.127. The summed E-state index contributed by atoms with van der Waals surface area (Å²) >= 11 is 0. The zero-order valence-electron chi connectivity index (χ0n) is 18.9. The second-order valence-corrected chi connectivity index (χ2v) is 11.0. The van der Waals surface area contributed by atoms with E-state index in [0.717, 1.165) is 18.4 Å². The molecule has 0 bridgehead atoms. The molecule has 0 spiro atoms. The van der Waals surface area contributed by atoms with Gasteiger partial charge in [-0.25, -0.2) is 8.42 Å². The molecule has 2 aliphatic rings. The van der Waals surface area contributed by atoms with Crippen LogP contribution in [0.5, 0.6) is 11.5 Å². The lowest BCUT2D eigenvalue weighted by atomic mass is 9.92. The van der Waals surface area contributed by atoms with Crippen LogP contribution in [0, 0.1) is 12.8 Å². The molecule has 2 fully saturated rings. The van der Waals surface area contributed by atoms with Gasteiger partial charge in [-0.1, -0.05) is 24.3 Å². The van der Waals surface area contributed by atoms with Crippen LogP contribution in [0.15, 0.2) is 53.4 Å². The summed E-state index contributed by atoms with van der Waals surface area (Å²) in [5, 5.41) is 12.7. The van der Waals surface area contributed by atoms with Crippen molar-refractivity contribution >= 4 is 15.9 Å². The third-order valence-corrected chi connectivity index (χ3v) is 8.42. The third-order valence-electron chi connectivity index (χ3n) is 6.56. The van der Waals surface area contributed by atoms with E-state index in [0.29, 0.717) is 43.7 Å². The number of nitrogens with one attached hydrogen (secondary N) is 1. The molecular weight excluding hydrogens is 440 g/mol. The zero-order valence-corrected chi connectivity index (χ0v) is 19.8. The van der Waals surface area contributed by atoms with E-state index in [1.165, 1.54) is 4.31 Å². The van der Waals surface area contributed by atoms with Gasteiger partial charge in [0, 0.05) is 25.2 Å². The fourth-order valence-corrected chi connectivity index (χ4v) is 6.12. The van der Waals surface area contributed by atoms with E-state index in [9.17, 15) is 18.3 Å². The number of carbonyl (C=O) groups is 1. The first-order valence-electron chi connectivity index (χ1n) is 11.6. The van der Waals surface area contributed by atoms with Gasteiger partial charge >= 0.3 is 0 Å². The van der Waals surface area contributed by atoms with Crippen LogP contribution in [0.25, 0.3) is 0 Å². The molecule has 2 aromatic rings. The summed E-state index contributed by atoms with van der Waals surface area (Å²) in [5.74, 6) is 0.674. The Kier molecular flexibility index (Phi) is 7.36.